The highest BCUT2D eigenvalue weighted by Crippen LogP contribution is 2.47. The predicted octanol–water partition coefficient (Wildman–Crippen LogP) is 3.14. The fourth-order valence-electron chi connectivity index (χ4n) is 2.76. The zero-order chi connectivity index (χ0) is 18.1. The van der Waals surface area contributed by atoms with Gasteiger partial charge in [-0.2, -0.15) is 8.78 Å². The number of hydrogen-bond donors (Lipinski definition) is 1. The fraction of sp³-hybridized carbons (Fsp3) is 0.278. The second-order valence-corrected chi connectivity index (χ2v) is 8.08. The minimum atomic E-state index is -4.65. The maximum Gasteiger partial charge on any atom is 0.341 e. The molecular weight excluding hydrogens is 348 g/mol. The molecule has 0 radical (unpaired) electrons. The molecule has 0 bridgehead atoms. The monoisotopic (exact) mass is 365 g/mol. The van der Waals surface area contributed by atoms with Crippen molar-refractivity contribution in [2.75, 3.05) is 6.54 Å². The van der Waals surface area contributed by atoms with Crippen molar-refractivity contribution in [2.24, 2.45) is 0 Å². The van der Waals surface area contributed by atoms with E-state index in [1.807, 2.05) is 30.3 Å². The Kier molecular flexibility index (Phi) is 4.60. The molecule has 1 aliphatic carbocycles. The molecule has 0 saturated heterocycles. The summed E-state index contributed by atoms with van der Waals surface area (Å²) < 4.78 is 47.8. The van der Waals surface area contributed by atoms with Gasteiger partial charge in [0.2, 0.25) is 9.84 Å². The second-order valence-electron chi connectivity index (χ2n) is 6.16. The van der Waals surface area contributed by atoms with Crippen LogP contribution in [0.25, 0.3) is 0 Å². The molecular formula is C18H17F2NO3S. The summed E-state index contributed by atoms with van der Waals surface area (Å²) in [5.74, 6) is -3.84. The molecule has 1 fully saturated rings. The number of alkyl halides is 2. The lowest BCUT2D eigenvalue weighted by Crippen LogP contribution is -2.32. The van der Waals surface area contributed by atoms with Gasteiger partial charge in [-0.25, -0.2) is 8.42 Å². The number of halogens is 2. The fourth-order valence-corrected chi connectivity index (χ4v) is 3.48. The minimum Gasteiger partial charge on any atom is -0.351 e. The maximum absolute atomic E-state index is 12.5. The van der Waals surface area contributed by atoms with E-state index in [9.17, 15) is 22.0 Å². The molecule has 2 aromatic rings. The van der Waals surface area contributed by atoms with Crippen molar-refractivity contribution in [1.82, 2.24) is 5.32 Å². The van der Waals surface area contributed by atoms with E-state index in [2.05, 4.69) is 5.32 Å². The predicted molar refractivity (Wildman–Crippen MR) is 89.3 cm³/mol. The molecule has 0 aromatic heterocycles. The van der Waals surface area contributed by atoms with Crippen LogP contribution in [-0.4, -0.2) is 26.6 Å². The third kappa shape index (κ3) is 3.56. The smallest absolute Gasteiger partial charge is 0.341 e. The summed E-state index contributed by atoms with van der Waals surface area (Å²) in [4.78, 5) is 11.7. The summed E-state index contributed by atoms with van der Waals surface area (Å²) in [6, 6.07) is 14.5. The Morgan fingerprint density at radius 1 is 1.04 bits per heavy atom. The third-order valence-corrected chi connectivity index (χ3v) is 5.91. The van der Waals surface area contributed by atoms with Crippen LogP contribution in [0.1, 0.15) is 28.8 Å². The first-order valence-corrected chi connectivity index (χ1v) is 9.36. The van der Waals surface area contributed by atoms with E-state index >= 15 is 0 Å². The number of rotatable bonds is 6. The van der Waals surface area contributed by atoms with Gasteiger partial charge in [0.1, 0.15) is 0 Å². The van der Waals surface area contributed by atoms with Crippen molar-refractivity contribution in [3.8, 4) is 0 Å². The number of nitrogens with one attached hydrogen (secondary N) is 1. The summed E-state index contributed by atoms with van der Waals surface area (Å²) in [5.41, 5.74) is 1.36. The van der Waals surface area contributed by atoms with Gasteiger partial charge in [-0.3, -0.25) is 4.79 Å². The highest BCUT2D eigenvalue weighted by molar-refractivity contribution is 7.91. The Morgan fingerprint density at radius 2 is 1.64 bits per heavy atom. The van der Waals surface area contributed by atoms with E-state index in [0.717, 1.165) is 25.0 Å². The van der Waals surface area contributed by atoms with Gasteiger partial charge in [0.15, 0.2) is 0 Å². The zero-order valence-corrected chi connectivity index (χ0v) is 14.1. The third-order valence-electron chi connectivity index (χ3n) is 4.51. The average molecular weight is 365 g/mol. The van der Waals surface area contributed by atoms with Gasteiger partial charge in [-0.1, -0.05) is 30.3 Å². The molecule has 25 heavy (non-hydrogen) atoms. The number of hydrogen-bond acceptors (Lipinski definition) is 3. The van der Waals surface area contributed by atoms with Crippen LogP contribution in [0.3, 0.4) is 0 Å². The van der Waals surface area contributed by atoms with Crippen LogP contribution in [0.15, 0.2) is 59.5 Å². The first-order chi connectivity index (χ1) is 11.8. The largest absolute Gasteiger partial charge is 0.351 e. The molecule has 0 aliphatic heterocycles. The van der Waals surface area contributed by atoms with E-state index in [4.69, 9.17) is 0 Å². The number of sulfone groups is 1. The Labute approximate surface area is 144 Å². The molecule has 3 rings (SSSR count). The lowest BCUT2D eigenvalue weighted by Gasteiger charge is -2.16. The lowest BCUT2D eigenvalue weighted by atomic mass is 9.96. The number of amides is 1. The Bertz CT molecular complexity index is 861. The summed E-state index contributed by atoms with van der Waals surface area (Å²) in [5, 5.41) is 2.84. The molecule has 1 N–H and O–H groups in total. The topological polar surface area (TPSA) is 63.2 Å². The van der Waals surface area contributed by atoms with Crippen molar-refractivity contribution < 1.29 is 22.0 Å². The van der Waals surface area contributed by atoms with E-state index in [-0.39, 0.29) is 16.9 Å². The van der Waals surface area contributed by atoms with E-state index in [0.29, 0.717) is 6.54 Å². The molecule has 7 heteroatoms. The van der Waals surface area contributed by atoms with Gasteiger partial charge in [0, 0.05) is 17.5 Å². The van der Waals surface area contributed by atoms with Gasteiger partial charge in [0.25, 0.3) is 5.91 Å². The van der Waals surface area contributed by atoms with E-state index in [1.54, 1.807) is 0 Å². The first-order valence-electron chi connectivity index (χ1n) is 7.81. The van der Waals surface area contributed by atoms with Gasteiger partial charge in [-0.15, -0.1) is 0 Å². The summed E-state index contributed by atoms with van der Waals surface area (Å²) in [6.07, 6.45) is 1.98. The second kappa shape index (κ2) is 6.55. The summed E-state index contributed by atoms with van der Waals surface area (Å²) >= 11 is 0. The number of carbonyl (C=O) groups is 1. The van der Waals surface area contributed by atoms with Gasteiger partial charge >= 0.3 is 5.76 Å². The molecule has 1 amide bonds. The molecule has 132 valence electrons. The highest BCUT2D eigenvalue weighted by Gasteiger charge is 2.44. The van der Waals surface area contributed by atoms with Crippen LogP contribution < -0.4 is 5.32 Å². The van der Waals surface area contributed by atoms with E-state index < -0.39 is 20.5 Å². The molecule has 1 aliphatic rings. The molecule has 2 aromatic carbocycles. The van der Waals surface area contributed by atoms with Crippen LogP contribution in [0.5, 0.6) is 0 Å². The van der Waals surface area contributed by atoms with Crippen molar-refractivity contribution in [3.63, 3.8) is 0 Å². The quantitative estimate of drug-likeness (QED) is 0.855. The highest BCUT2D eigenvalue weighted by atomic mass is 32.2. The number of benzene rings is 2. The van der Waals surface area contributed by atoms with E-state index in [1.165, 1.54) is 17.7 Å². The van der Waals surface area contributed by atoms with Crippen molar-refractivity contribution in [3.05, 3.63) is 65.7 Å². The average Bonchev–Trinajstić information content (AvgIpc) is 3.41. The Balaban J connectivity index is 1.67. The molecule has 4 nitrogen and oxygen atoms in total. The van der Waals surface area contributed by atoms with Crippen LogP contribution in [0, 0.1) is 0 Å². The zero-order valence-electron chi connectivity index (χ0n) is 13.3. The molecule has 1 saturated carbocycles. The van der Waals surface area contributed by atoms with Crippen molar-refractivity contribution in [1.29, 1.82) is 0 Å². The SMILES string of the molecule is O=C(NCC1(c2ccccc2)CC1)c1ccc(S(=O)(=O)C(F)F)cc1. The molecule has 0 spiro atoms. The number of carbonyl (C=O) groups excluding carboxylic acids is 1. The van der Waals surface area contributed by atoms with Crippen molar-refractivity contribution >= 4 is 15.7 Å². The van der Waals surface area contributed by atoms with Crippen LogP contribution in [0.4, 0.5) is 8.78 Å². The lowest BCUT2D eigenvalue weighted by molar-refractivity contribution is 0.0949. The maximum atomic E-state index is 12.5. The molecule has 0 atom stereocenters. The molecule has 0 heterocycles. The Morgan fingerprint density at radius 3 is 2.16 bits per heavy atom. The minimum absolute atomic E-state index is 0.0458. The van der Waals surface area contributed by atoms with Gasteiger partial charge in [0.05, 0.1) is 4.90 Å². The van der Waals surface area contributed by atoms with Gasteiger partial charge < -0.3 is 5.32 Å². The first kappa shape index (κ1) is 17.5. The standard InChI is InChI=1S/C18H17F2NO3S/c19-17(20)25(23,24)15-8-6-13(7-9-15)16(22)21-12-18(10-11-18)14-4-2-1-3-5-14/h1-9,17H,10-12H2,(H,21,22). The normalized spacial score (nSPS) is 15.8. The Hall–Kier alpha value is -2.28. The van der Waals surface area contributed by atoms with Gasteiger partial charge in [-0.05, 0) is 42.7 Å². The summed E-state index contributed by atoms with van der Waals surface area (Å²) in [7, 11) is -4.65. The van der Waals surface area contributed by atoms with Crippen molar-refractivity contribution in [2.45, 2.75) is 28.9 Å². The summed E-state index contributed by atoms with van der Waals surface area (Å²) in [6.45, 7) is 0.479. The molecule has 0 unspecified atom stereocenters. The van der Waals surface area contributed by atoms with Crippen LogP contribution >= 0.6 is 0 Å². The van der Waals surface area contributed by atoms with Crippen LogP contribution in [0.2, 0.25) is 0 Å². The van der Waals surface area contributed by atoms with Crippen LogP contribution in [-0.2, 0) is 15.3 Å².